The number of hydrogen-bond donors (Lipinski definition) is 1. The van der Waals surface area contributed by atoms with Crippen LogP contribution in [0.2, 0.25) is 5.02 Å². The third-order valence-electron chi connectivity index (χ3n) is 3.72. The summed E-state index contributed by atoms with van der Waals surface area (Å²) in [7, 11) is 1.41. The standard InChI is InChI=1S/C15H18ClNO3/c1-20-15(19)10-6-8-11(9-7-10)17-14(18)12-4-2-3-5-13(12)16/h2-5,10-11H,6-9H2,1H3,(H,17,18). The predicted molar refractivity (Wildman–Crippen MR) is 76.7 cm³/mol. The molecule has 0 aliphatic heterocycles. The van der Waals surface area contributed by atoms with Crippen molar-refractivity contribution in [3.05, 3.63) is 34.9 Å². The van der Waals surface area contributed by atoms with Crippen molar-refractivity contribution in [1.82, 2.24) is 5.32 Å². The minimum absolute atomic E-state index is 0.0338. The second-order valence-electron chi connectivity index (χ2n) is 5.03. The van der Waals surface area contributed by atoms with Crippen molar-refractivity contribution in [3.63, 3.8) is 0 Å². The fourth-order valence-electron chi connectivity index (χ4n) is 2.55. The molecule has 1 aliphatic rings. The molecular weight excluding hydrogens is 278 g/mol. The van der Waals surface area contributed by atoms with Crippen LogP contribution in [0.15, 0.2) is 24.3 Å². The van der Waals surface area contributed by atoms with E-state index in [-0.39, 0.29) is 23.8 Å². The van der Waals surface area contributed by atoms with Crippen LogP contribution < -0.4 is 5.32 Å². The van der Waals surface area contributed by atoms with Crippen molar-refractivity contribution in [2.24, 2.45) is 5.92 Å². The monoisotopic (exact) mass is 295 g/mol. The van der Waals surface area contributed by atoms with Gasteiger partial charge >= 0.3 is 5.97 Å². The summed E-state index contributed by atoms with van der Waals surface area (Å²) < 4.78 is 4.75. The van der Waals surface area contributed by atoms with Crippen LogP contribution in [0.3, 0.4) is 0 Å². The molecule has 0 unspecified atom stereocenters. The molecule has 108 valence electrons. The van der Waals surface area contributed by atoms with Crippen LogP contribution >= 0.6 is 11.6 Å². The Morgan fingerprint density at radius 2 is 1.85 bits per heavy atom. The molecule has 20 heavy (non-hydrogen) atoms. The van der Waals surface area contributed by atoms with Crippen LogP contribution in [0.25, 0.3) is 0 Å². The molecule has 0 radical (unpaired) electrons. The van der Waals surface area contributed by atoms with E-state index >= 15 is 0 Å². The number of nitrogens with one attached hydrogen (secondary N) is 1. The molecule has 0 aromatic heterocycles. The first kappa shape index (κ1) is 14.9. The molecular formula is C15H18ClNO3. The Bertz CT molecular complexity index is 496. The first-order chi connectivity index (χ1) is 9.61. The molecule has 1 aromatic carbocycles. The average molecular weight is 296 g/mol. The number of carbonyl (C=O) groups excluding carboxylic acids is 2. The zero-order valence-electron chi connectivity index (χ0n) is 11.4. The van der Waals surface area contributed by atoms with Gasteiger partial charge in [0.1, 0.15) is 0 Å². The predicted octanol–water partition coefficient (Wildman–Crippen LogP) is 2.80. The number of rotatable bonds is 3. The normalized spacial score (nSPS) is 22.1. The van der Waals surface area contributed by atoms with Crippen molar-refractivity contribution < 1.29 is 14.3 Å². The Labute approximate surface area is 123 Å². The number of carbonyl (C=O) groups is 2. The topological polar surface area (TPSA) is 55.4 Å². The van der Waals surface area contributed by atoms with Crippen molar-refractivity contribution in [2.75, 3.05) is 7.11 Å². The summed E-state index contributed by atoms with van der Waals surface area (Å²) in [5.74, 6) is -0.341. The van der Waals surface area contributed by atoms with Crippen molar-refractivity contribution in [1.29, 1.82) is 0 Å². The highest BCUT2D eigenvalue weighted by atomic mass is 35.5. The van der Waals surface area contributed by atoms with E-state index in [1.807, 2.05) is 0 Å². The summed E-state index contributed by atoms with van der Waals surface area (Å²) in [4.78, 5) is 23.6. The van der Waals surface area contributed by atoms with Gasteiger partial charge in [-0.2, -0.15) is 0 Å². The molecule has 0 saturated heterocycles. The molecule has 5 heteroatoms. The largest absolute Gasteiger partial charge is 0.469 e. The van der Waals surface area contributed by atoms with Gasteiger partial charge in [0.15, 0.2) is 0 Å². The SMILES string of the molecule is COC(=O)C1CCC(NC(=O)c2ccccc2Cl)CC1. The van der Waals surface area contributed by atoms with Crippen molar-refractivity contribution in [2.45, 2.75) is 31.7 Å². The van der Waals surface area contributed by atoms with Gasteiger partial charge in [0.25, 0.3) is 5.91 Å². The molecule has 0 spiro atoms. The second-order valence-corrected chi connectivity index (χ2v) is 5.43. The van der Waals surface area contributed by atoms with Crippen molar-refractivity contribution in [3.8, 4) is 0 Å². The lowest BCUT2D eigenvalue weighted by molar-refractivity contribution is -0.146. The Balaban J connectivity index is 1.88. The molecule has 0 heterocycles. The van der Waals surface area contributed by atoms with Gasteiger partial charge in [-0.3, -0.25) is 9.59 Å². The summed E-state index contributed by atoms with van der Waals surface area (Å²) in [5, 5.41) is 3.43. The minimum Gasteiger partial charge on any atom is -0.469 e. The zero-order valence-corrected chi connectivity index (χ0v) is 12.2. The Morgan fingerprint density at radius 3 is 2.45 bits per heavy atom. The highest BCUT2D eigenvalue weighted by Gasteiger charge is 2.27. The minimum atomic E-state index is -0.155. The Kier molecular flexibility index (Phi) is 5.01. The number of halogens is 1. The van der Waals surface area contributed by atoms with Crippen LogP contribution in [-0.2, 0) is 9.53 Å². The number of amides is 1. The van der Waals surface area contributed by atoms with Gasteiger partial charge in [-0.05, 0) is 37.8 Å². The Hall–Kier alpha value is -1.55. The van der Waals surface area contributed by atoms with Gasteiger partial charge in [0.2, 0.25) is 0 Å². The van der Waals surface area contributed by atoms with Gasteiger partial charge in [-0.1, -0.05) is 23.7 Å². The van der Waals surface area contributed by atoms with E-state index in [0.29, 0.717) is 10.6 Å². The van der Waals surface area contributed by atoms with E-state index < -0.39 is 0 Å². The van der Waals surface area contributed by atoms with Crippen LogP contribution in [0, 0.1) is 5.92 Å². The zero-order chi connectivity index (χ0) is 14.5. The number of methoxy groups -OCH3 is 1. The summed E-state index contributed by atoms with van der Waals surface area (Å²) in [6.07, 6.45) is 3.08. The number of hydrogen-bond acceptors (Lipinski definition) is 3. The lowest BCUT2D eigenvalue weighted by atomic mass is 9.86. The number of ether oxygens (including phenoxy) is 1. The molecule has 4 nitrogen and oxygen atoms in total. The maximum Gasteiger partial charge on any atom is 0.308 e. The van der Waals surface area contributed by atoms with E-state index in [9.17, 15) is 9.59 Å². The first-order valence-corrected chi connectivity index (χ1v) is 7.13. The quantitative estimate of drug-likeness (QED) is 0.873. The highest BCUT2D eigenvalue weighted by molar-refractivity contribution is 6.33. The molecule has 2 rings (SSSR count). The molecule has 1 aromatic rings. The third-order valence-corrected chi connectivity index (χ3v) is 4.04. The summed E-state index contributed by atoms with van der Waals surface area (Å²) in [5.41, 5.74) is 0.490. The van der Waals surface area contributed by atoms with E-state index in [0.717, 1.165) is 25.7 Å². The van der Waals surface area contributed by atoms with Crippen LogP contribution in [0.4, 0.5) is 0 Å². The second kappa shape index (κ2) is 6.75. The maximum absolute atomic E-state index is 12.1. The van der Waals surface area contributed by atoms with E-state index in [1.165, 1.54) is 7.11 Å². The molecule has 1 N–H and O–H groups in total. The van der Waals surface area contributed by atoms with Crippen LogP contribution in [0.5, 0.6) is 0 Å². The molecule has 1 fully saturated rings. The molecule has 1 amide bonds. The lowest BCUT2D eigenvalue weighted by Crippen LogP contribution is -2.39. The molecule has 1 saturated carbocycles. The first-order valence-electron chi connectivity index (χ1n) is 6.75. The molecule has 0 bridgehead atoms. The van der Waals surface area contributed by atoms with Crippen LogP contribution in [-0.4, -0.2) is 25.0 Å². The van der Waals surface area contributed by atoms with Crippen LogP contribution in [0.1, 0.15) is 36.0 Å². The lowest BCUT2D eigenvalue weighted by Gasteiger charge is -2.27. The van der Waals surface area contributed by atoms with Gasteiger partial charge < -0.3 is 10.1 Å². The van der Waals surface area contributed by atoms with Gasteiger partial charge in [-0.25, -0.2) is 0 Å². The fourth-order valence-corrected chi connectivity index (χ4v) is 2.77. The van der Waals surface area contributed by atoms with E-state index in [1.54, 1.807) is 24.3 Å². The highest BCUT2D eigenvalue weighted by Crippen LogP contribution is 2.25. The van der Waals surface area contributed by atoms with Gasteiger partial charge in [0, 0.05) is 6.04 Å². The van der Waals surface area contributed by atoms with Gasteiger partial charge in [0.05, 0.1) is 23.6 Å². The smallest absolute Gasteiger partial charge is 0.308 e. The molecule has 1 aliphatic carbocycles. The summed E-state index contributed by atoms with van der Waals surface area (Å²) >= 11 is 6.00. The number of esters is 1. The van der Waals surface area contributed by atoms with Crippen molar-refractivity contribution >= 4 is 23.5 Å². The van der Waals surface area contributed by atoms with Gasteiger partial charge in [-0.15, -0.1) is 0 Å². The number of benzene rings is 1. The molecule has 0 atom stereocenters. The summed E-state index contributed by atoms with van der Waals surface area (Å²) in [6.45, 7) is 0. The van der Waals surface area contributed by atoms with E-state index in [4.69, 9.17) is 16.3 Å². The third kappa shape index (κ3) is 3.51. The maximum atomic E-state index is 12.1. The van der Waals surface area contributed by atoms with E-state index in [2.05, 4.69) is 5.32 Å². The Morgan fingerprint density at radius 1 is 1.20 bits per heavy atom. The average Bonchev–Trinajstić information content (AvgIpc) is 2.47. The summed E-state index contributed by atoms with van der Waals surface area (Å²) in [6, 6.07) is 7.08. The fraction of sp³-hybridized carbons (Fsp3) is 0.467.